The summed E-state index contributed by atoms with van der Waals surface area (Å²) in [6.07, 6.45) is 7.86. The third-order valence-electron chi connectivity index (χ3n) is 11.2. The lowest BCUT2D eigenvalue weighted by Crippen LogP contribution is -2.59. The Morgan fingerprint density at radius 2 is 1.15 bits per heavy atom. The molecule has 0 aliphatic carbocycles. The first-order valence-corrected chi connectivity index (χ1v) is 17.0. The molecule has 0 radical (unpaired) electrons. The van der Waals surface area contributed by atoms with Gasteiger partial charge < -0.3 is 14.0 Å². The fourth-order valence-corrected chi connectivity index (χ4v) is 9.29. The first kappa shape index (κ1) is 25.7. The molecule has 0 fully saturated rings. The van der Waals surface area contributed by atoms with Gasteiger partial charge in [-0.15, -0.1) is 0 Å². The Morgan fingerprint density at radius 1 is 0.574 bits per heavy atom. The minimum Gasteiger partial charge on any atom is -0.338 e. The predicted octanol–water partition coefficient (Wildman–Crippen LogP) is 8.44. The van der Waals surface area contributed by atoms with Crippen molar-refractivity contribution in [3.8, 4) is 11.4 Å². The molecule has 0 amide bonds. The molecule has 222 valence electrons. The smallest absolute Gasteiger partial charge is 0.252 e. The number of nitrogens with zero attached hydrogens (tertiary/aromatic N) is 3. The lowest BCUT2D eigenvalue weighted by atomic mass is 9.34. The summed E-state index contributed by atoms with van der Waals surface area (Å²) in [5.74, 6) is 0. The number of hydrogen-bond acceptors (Lipinski definition) is 1. The van der Waals surface area contributed by atoms with E-state index in [2.05, 4.69) is 154 Å². The van der Waals surface area contributed by atoms with Crippen LogP contribution in [0.4, 0.5) is 11.4 Å². The zero-order valence-electron chi connectivity index (χ0n) is 26.3. The van der Waals surface area contributed by atoms with Gasteiger partial charge in [-0.25, -0.2) is 0 Å². The van der Waals surface area contributed by atoms with E-state index < -0.39 is 0 Å². The Morgan fingerprint density at radius 3 is 1.81 bits per heavy atom. The molecular weight excluding hydrogens is 569 g/mol. The van der Waals surface area contributed by atoms with Crippen molar-refractivity contribution in [3.63, 3.8) is 0 Å². The van der Waals surface area contributed by atoms with E-state index >= 15 is 0 Å². The van der Waals surface area contributed by atoms with E-state index in [1.807, 2.05) is 0 Å². The van der Waals surface area contributed by atoms with Gasteiger partial charge >= 0.3 is 0 Å². The second-order valence-electron chi connectivity index (χ2n) is 13.6. The Labute approximate surface area is 274 Å². The molecule has 11 rings (SSSR count). The van der Waals surface area contributed by atoms with E-state index in [4.69, 9.17) is 0 Å². The first-order valence-electron chi connectivity index (χ1n) is 17.0. The van der Waals surface area contributed by atoms with Crippen LogP contribution in [0, 0.1) is 0 Å². The Kier molecular flexibility index (Phi) is 5.08. The highest BCUT2D eigenvalue weighted by Crippen LogP contribution is 2.42. The molecular formula is C43H32BN3. The van der Waals surface area contributed by atoms with Crippen LogP contribution in [0.15, 0.2) is 133 Å². The molecule has 0 saturated heterocycles. The van der Waals surface area contributed by atoms with Crippen LogP contribution in [0.25, 0.3) is 55.0 Å². The van der Waals surface area contributed by atoms with Crippen LogP contribution >= 0.6 is 0 Å². The van der Waals surface area contributed by atoms with Gasteiger partial charge in [0, 0.05) is 61.4 Å². The van der Waals surface area contributed by atoms with E-state index in [1.165, 1.54) is 88.3 Å². The SMILES string of the molecule is CC1CC/C=C\Cc2ccccc2N1c1cc2c3c(c1)-n1c4ccccc4c4cccc(c41)B3c1cccc3c4ccccc4n-2c13. The number of benzene rings is 6. The summed E-state index contributed by atoms with van der Waals surface area (Å²) in [6, 6.07) is 46.3. The molecule has 5 heterocycles. The molecule has 3 nitrogen and oxygen atoms in total. The van der Waals surface area contributed by atoms with Crippen molar-refractivity contribution in [1.82, 2.24) is 9.13 Å². The van der Waals surface area contributed by atoms with Crippen molar-refractivity contribution in [1.29, 1.82) is 0 Å². The molecule has 1 unspecified atom stereocenters. The molecule has 0 spiro atoms. The average Bonchev–Trinajstić information content (AvgIpc) is 3.65. The van der Waals surface area contributed by atoms with Gasteiger partial charge in [0.15, 0.2) is 0 Å². The normalized spacial score (nSPS) is 17.1. The zero-order valence-corrected chi connectivity index (χ0v) is 26.3. The minimum atomic E-state index is 0.152. The fraction of sp³-hybridized carbons (Fsp3) is 0.116. The monoisotopic (exact) mass is 601 g/mol. The summed E-state index contributed by atoms with van der Waals surface area (Å²) in [5.41, 5.74) is 16.0. The lowest BCUT2D eigenvalue weighted by Gasteiger charge is -2.37. The topological polar surface area (TPSA) is 13.1 Å². The maximum absolute atomic E-state index is 2.64. The number of aromatic nitrogens is 2. The largest absolute Gasteiger partial charge is 0.338 e. The van der Waals surface area contributed by atoms with E-state index in [-0.39, 0.29) is 6.71 Å². The highest BCUT2D eigenvalue weighted by molar-refractivity contribution is 7.00. The van der Waals surface area contributed by atoms with Crippen molar-refractivity contribution in [2.75, 3.05) is 4.90 Å². The quantitative estimate of drug-likeness (QED) is 0.136. The summed E-state index contributed by atoms with van der Waals surface area (Å²) < 4.78 is 5.17. The van der Waals surface area contributed by atoms with Crippen LogP contribution in [-0.4, -0.2) is 21.9 Å². The molecule has 0 N–H and O–H groups in total. The summed E-state index contributed by atoms with van der Waals surface area (Å²) in [7, 11) is 0. The van der Waals surface area contributed by atoms with Gasteiger partial charge in [0.2, 0.25) is 0 Å². The predicted molar refractivity (Wildman–Crippen MR) is 200 cm³/mol. The first-order chi connectivity index (χ1) is 23.3. The molecule has 2 aromatic heterocycles. The molecule has 6 aromatic carbocycles. The van der Waals surface area contributed by atoms with Crippen LogP contribution in [0.2, 0.25) is 0 Å². The van der Waals surface area contributed by atoms with Crippen molar-refractivity contribution in [2.45, 2.75) is 32.2 Å². The molecule has 1 atom stereocenters. The zero-order chi connectivity index (χ0) is 30.8. The molecule has 0 bridgehead atoms. The van der Waals surface area contributed by atoms with Gasteiger partial charge in [0.25, 0.3) is 6.71 Å². The summed E-state index contributed by atoms with van der Waals surface area (Å²) >= 11 is 0. The van der Waals surface area contributed by atoms with Crippen LogP contribution < -0.4 is 21.3 Å². The molecule has 8 aromatic rings. The standard InChI is InChI=1S/C43H32BN3/c1-27-13-3-2-4-14-28-15-5-8-22-36(28)45(27)29-25-39-41-40(26-29)47-38-24-10-7-17-31(38)33-19-12-21-35(43(33)47)44(41)34-20-11-18-32-30-16-6-9-23-37(30)46(39)42(32)34/h2,4-12,15-27H,3,13-14H2,1H3/b4-2-. The van der Waals surface area contributed by atoms with Crippen molar-refractivity contribution in [2.24, 2.45) is 0 Å². The number of para-hydroxylation sites is 5. The maximum Gasteiger partial charge on any atom is 0.252 e. The van der Waals surface area contributed by atoms with Crippen LogP contribution in [0.5, 0.6) is 0 Å². The fourth-order valence-electron chi connectivity index (χ4n) is 9.29. The molecule has 4 heteroatoms. The Bertz CT molecular complexity index is 2510. The lowest BCUT2D eigenvalue weighted by molar-refractivity contribution is 0.655. The van der Waals surface area contributed by atoms with Crippen molar-refractivity contribution >= 4 is 78.1 Å². The van der Waals surface area contributed by atoms with Crippen molar-refractivity contribution < 1.29 is 0 Å². The number of rotatable bonds is 1. The van der Waals surface area contributed by atoms with Gasteiger partial charge in [0.1, 0.15) is 0 Å². The average molecular weight is 602 g/mol. The third kappa shape index (κ3) is 3.27. The van der Waals surface area contributed by atoms with E-state index in [9.17, 15) is 0 Å². The molecule has 47 heavy (non-hydrogen) atoms. The van der Waals surface area contributed by atoms with E-state index in [0.717, 1.165) is 19.3 Å². The maximum atomic E-state index is 2.64. The van der Waals surface area contributed by atoms with Gasteiger partial charge in [-0.05, 0) is 78.5 Å². The molecule has 3 aliphatic heterocycles. The highest BCUT2D eigenvalue weighted by Gasteiger charge is 2.41. The Balaban J connectivity index is 1.33. The molecule has 3 aliphatic rings. The second kappa shape index (κ2) is 9.30. The van der Waals surface area contributed by atoms with Crippen LogP contribution in [-0.2, 0) is 6.42 Å². The summed E-state index contributed by atoms with van der Waals surface area (Å²) in [4.78, 5) is 2.64. The number of fused-ring (bicyclic) bond motifs is 11. The van der Waals surface area contributed by atoms with E-state index in [0.29, 0.717) is 6.04 Å². The Hall–Kier alpha value is -5.48. The summed E-state index contributed by atoms with van der Waals surface area (Å²) in [6.45, 7) is 2.56. The van der Waals surface area contributed by atoms with E-state index in [1.54, 1.807) is 0 Å². The summed E-state index contributed by atoms with van der Waals surface area (Å²) in [5, 5.41) is 5.30. The minimum absolute atomic E-state index is 0.152. The molecule has 0 saturated carbocycles. The number of hydrogen-bond donors (Lipinski definition) is 0. The third-order valence-corrected chi connectivity index (χ3v) is 11.2. The van der Waals surface area contributed by atoms with Gasteiger partial charge in [-0.3, -0.25) is 0 Å². The van der Waals surface area contributed by atoms with Crippen molar-refractivity contribution in [3.05, 3.63) is 139 Å². The van der Waals surface area contributed by atoms with Crippen LogP contribution in [0.3, 0.4) is 0 Å². The van der Waals surface area contributed by atoms with Gasteiger partial charge in [0.05, 0.1) is 11.0 Å². The number of allylic oxidation sites excluding steroid dienone is 2. The highest BCUT2D eigenvalue weighted by atomic mass is 15.2. The number of anilines is 2. The van der Waals surface area contributed by atoms with Crippen LogP contribution in [0.1, 0.15) is 25.3 Å². The van der Waals surface area contributed by atoms with Gasteiger partial charge in [-0.1, -0.05) is 103 Å². The second-order valence-corrected chi connectivity index (χ2v) is 13.6. The van der Waals surface area contributed by atoms with Gasteiger partial charge in [-0.2, -0.15) is 0 Å².